The Morgan fingerprint density at radius 3 is 0.339 bits per heavy atom. The third-order valence-corrected chi connectivity index (χ3v) is 25.5. The molecule has 0 unspecified atom stereocenters. The van der Waals surface area contributed by atoms with Crippen LogP contribution in [0.4, 0.5) is 0 Å². The number of nitrogens with zero attached hydrogens (tertiary/aromatic N) is 2. The molecular weight excluding hydrogens is 1530 g/mol. The summed E-state index contributed by atoms with van der Waals surface area (Å²) in [7, 11) is 6.75. The Morgan fingerprint density at radius 2 is 0.258 bits per heavy atom. The summed E-state index contributed by atoms with van der Waals surface area (Å²) in [5, 5.41) is 46.1. The predicted molar refractivity (Wildman–Crippen MR) is 514 cm³/mol. The van der Waals surface area contributed by atoms with E-state index in [1.54, 1.807) is 28.2 Å². The van der Waals surface area contributed by atoms with Gasteiger partial charge in [0.2, 0.25) is 12.8 Å². The minimum absolute atomic E-state index is 0.750. The van der Waals surface area contributed by atoms with Crippen LogP contribution in [0.3, 0.4) is 0 Å². The van der Waals surface area contributed by atoms with Crippen molar-refractivity contribution < 1.29 is 9.59 Å². The Kier molecular flexibility index (Phi) is 36.5. The summed E-state index contributed by atoms with van der Waals surface area (Å²) in [6.45, 7) is 47.9. The van der Waals surface area contributed by atoms with Gasteiger partial charge in [-0.15, -0.1) is 0 Å². The van der Waals surface area contributed by atoms with Crippen molar-refractivity contribution in [3.8, 4) is 0 Å². The molecule has 16 heteroatoms. The highest BCUT2D eigenvalue weighted by molar-refractivity contribution is 5.55. The van der Waals surface area contributed by atoms with E-state index in [2.05, 4.69) is 292 Å². The molecule has 0 saturated carbocycles. The van der Waals surface area contributed by atoms with E-state index >= 15 is 0 Å². The first kappa shape index (κ1) is 94.6. The van der Waals surface area contributed by atoms with Gasteiger partial charge in [0.1, 0.15) is 0 Å². The molecule has 6 heterocycles. The van der Waals surface area contributed by atoms with Gasteiger partial charge >= 0.3 is 0 Å². The lowest BCUT2D eigenvalue weighted by Gasteiger charge is -2.24. The molecule has 24 bridgehead atoms. The maximum atomic E-state index is 9.43. The van der Waals surface area contributed by atoms with Crippen LogP contribution in [-0.4, -0.2) is 50.8 Å². The Morgan fingerprint density at radius 1 is 0.169 bits per heavy atom. The molecule has 0 radical (unpaired) electrons. The third-order valence-electron chi connectivity index (χ3n) is 25.5. The second kappa shape index (κ2) is 47.8. The van der Waals surface area contributed by atoms with E-state index in [0.29, 0.717) is 0 Å². The molecule has 0 saturated heterocycles. The van der Waals surface area contributed by atoms with E-state index in [9.17, 15) is 9.59 Å². The van der Waals surface area contributed by atoms with Crippen molar-refractivity contribution in [2.75, 3.05) is 28.2 Å². The number of carbonyl (C=O) groups excluding carboxylic acids is 2. The molecule has 0 spiro atoms. The first-order valence-corrected chi connectivity index (χ1v) is 44.7. The van der Waals surface area contributed by atoms with Gasteiger partial charge in [-0.2, -0.15) is 0 Å². The Labute approximate surface area is 742 Å². The molecule has 11 aromatic rings. The van der Waals surface area contributed by atoms with Crippen molar-refractivity contribution in [2.24, 2.45) is 0 Å². The van der Waals surface area contributed by atoms with E-state index in [-0.39, 0.29) is 0 Å². The lowest BCUT2D eigenvalue weighted by Crippen LogP contribution is -2.23. The average molecular weight is 1670 g/mol. The zero-order valence-electron chi connectivity index (χ0n) is 77.2. The molecule has 654 valence electrons. The largest absolute Gasteiger partial charge is 0.351 e. The van der Waals surface area contributed by atoms with E-state index in [1.807, 2.05) is 36.4 Å². The zero-order chi connectivity index (χ0) is 88.0. The lowest BCUT2D eigenvalue weighted by molar-refractivity contribution is -0.116. The van der Waals surface area contributed by atoms with Crippen molar-refractivity contribution in [3.63, 3.8) is 0 Å². The number of hydrogen-bond acceptors (Lipinski definition) is 14. The summed E-state index contributed by atoms with van der Waals surface area (Å²) < 4.78 is 0. The smallest absolute Gasteiger partial charge is 0.209 e. The van der Waals surface area contributed by atoms with Crippen LogP contribution < -0.4 is 63.8 Å². The predicted octanol–water partition coefficient (Wildman–Crippen LogP) is 16.9. The van der Waals surface area contributed by atoms with Crippen molar-refractivity contribution in [2.45, 2.75) is 240 Å². The fourth-order valence-corrected chi connectivity index (χ4v) is 18.2. The number of hydrogen-bond donors (Lipinski definition) is 12. The number of nitrogens with one attached hydrogen (secondary N) is 12. The van der Waals surface area contributed by atoms with Gasteiger partial charge in [-0.3, -0.25) is 9.59 Å². The van der Waals surface area contributed by atoms with Crippen molar-refractivity contribution in [3.05, 3.63) is 382 Å². The quantitative estimate of drug-likeness (QED) is 0.0734. The molecule has 0 atom stereocenters. The summed E-state index contributed by atoms with van der Waals surface area (Å²) >= 11 is 0. The average Bonchev–Trinajstić information content (AvgIpc) is 0.796. The summed E-state index contributed by atoms with van der Waals surface area (Å²) in [5.41, 5.74) is 49.6. The second-order valence-electron chi connectivity index (χ2n) is 34.7. The first-order chi connectivity index (χ1) is 60.1. The highest BCUT2D eigenvalue weighted by Gasteiger charge is 2.24. The van der Waals surface area contributed by atoms with Crippen LogP contribution >= 0.6 is 0 Å². The number of fused-ring (bicyclic) bond motifs is 24. The fraction of sp³-hybridized carbons (Fsp3) is 0.370. The first-order valence-electron chi connectivity index (χ1n) is 44.7. The molecular formula is C108H140N14O2. The van der Waals surface area contributed by atoms with Gasteiger partial charge in [0, 0.05) is 185 Å². The molecule has 2 amide bonds. The third kappa shape index (κ3) is 26.5. The van der Waals surface area contributed by atoms with Gasteiger partial charge in [0.15, 0.2) is 0 Å². The van der Waals surface area contributed by atoms with Crippen molar-refractivity contribution in [1.29, 1.82) is 0 Å². The summed E-state index contributed by atoms with van der Waals surface area (Å²) in [5.74, 6) is 0. The normalized spacial score (nSPS) is 15.0. The Hall–Kier alpha value is -10.1. The summed E-state index contributed by atoms with van der Waals surface area (Å²) in [6, 6.07) is 66.4. The van der Waals surface area contributed by atoms with Gasteiger partial charge in [0.25, 0.3) is 0 Å². The second-order valence-corrected chi connectivity index (χ2v) is 34.7. The van der Waals surface area contributed by atoms with E-state index < -0.39 is 0 Å². The topological polar surface area (TPSA) is 185 Å². The number of carbonyl (C=O) groups is 2. The summed E-state index contributed by atoms with van der Waals surface area (Å²) in [4.78, 5) is 21.8. The van der Waals surface area contributed by atoms with Crippen molar-refractivity contribution in [1.82, 2.24) is 73.6 Å². The fourth-order valence-electron chi connectivity index (χ4n) is 18.2. The SMILES string of the molecule is CN(C)C=O.CN(C)C=O.Cc1c2c(C)c3c(C)c1CNCc1cccc(c1)CNCc1c(C)c(c(C)c(c1C)CNCc1cccc(c1)CNC3)CNCc1cccc(c1)CNC2.Cc1c2c(C)c3c(C)c1CNCc1cccc(c1)CNCc1c(C)c(c(C)c(c1C)CNCc1cccc(c1)CNC3)CNCc1cccc(c1)CNC2.c1ccccc1. The molecule has 0 fully saturated rings. The van der Waals surface area contributed by atoms with Gasteiger partial charge in [-0.1, -0.05) is 182 Å². The minimum atomic E-state index is 0.750. The standard InChI is InChI=1S/2C48H60N6.C6H6.2C3H7NO/c2*1-31-43-25-49-19-37-10-7-12-39(16-37)22-52-28-46-34(4)47-29-53-23-40-13-8-11-38(17-40)20-50-26-44(31)33(3)45(32(43)2)27-51-21-41-14-9-15-42(18-41)24-54-30-48(35(46)5)36(47)6;1-2-4-6-5-3-1;2*1-4(2)3-5/h2*7-18,49-54H,19-30H2,1-6H3;1-6H;2*3H,1-2H3. The maximum Gasteiger partial charge on any atom is 0.209 e. The van der Waals surface area contributed by atoms with Crippen LogP contribution in [0.2, 0.25) is 0 Å². The molecule has 17 rings (SSSR count). The van der Waals surface area contributed by atoms with Crippen LogP contribution in [-0.2, 0) is 167 Å². The molecule has 11 aromatic carbocycles. The van der Waals surface area contributed by atoms with Crippen LogP contribution in [0.1, 0.15) is 200 Å². The number of rotatable bonds is 2. The highest BCUT2D eigenvalue weighted by atomic mass is 16.1. The monoisotopic (exact) mass is 1670 g/mol. The summed E-state index contributed by atoms with van der Waals surface area (Å²) in [6.07, 6.45) is 1.50. The van der Waals surface area contributed by atoms with Gasteiger partial charge in [-0.05, 0) is 283 Å². The lowest BCUT2D eigenvalue weighted by atomic mass is 9.87. The van der Waals surface area contributed by atoms with Crippen LogP contribution in [0.25, 0.3) is 0 Å². The Balaban J connectivity index is 0.000000205. The minimum Gasteiger partial charge on any atom is -0.351 e. The van der Waals surface area contributed by atoms with E-state index in [1.165, 1.54) is 210 Å². The van der Waals surface area contributed by atoms with Gasteiger partial charge in [-0.25, -0.2) is 0 Å². The molecule has 0 aliphatic carbocycles. The van der Waals surface area contributed by atoms with Crippen LogP contribution in [0.15, 0.2) is 182 Å². The van der Waals surface area contributed by atoms with Gasteiger partial charge < -0.3 is 73.6 Å². The van der Waals surface area contributed by atoms with Crippen molar-refractivity contribution >= 4 is 12.8 Å². The van der Waals surface area contributed by atoms with E-state index in [4.69, 9.17) is 0 Å². The highest BCUT2D eigenvalue weighted by Crippen LogP contribution is 2.34. The van der Waals surface area contributed by atoms with Crippen LogP contribution in [0.5, 0.6) is 0 Å². The maximum absolute atomic E-state index is 9.43. The van der Waals surface area contributed by atoms with E-state index in [0.717, 1.165) is 170 Å². The van der Waals surface area contributed by atoms with Gasteiger partial charge in [0.05, 0.1) is 0 Å². The Bertz CT molecular complexity index is 4190. The number of benzene rings is 11. The van der Waals surface area contributed by atoms with Crippen LogP contribution in [0, 0.1) is 83.1 Å². The molecule has 6 aliphatic heterocycles. The zero-order valence-corrected chi connectivity index (χ0v) is 77.2. The molecule has 12 N–H and O–H groups in total. The molecule has 6 aliphatic rings. The molecule has 0 aromatic heterocycles. The molecule has 16 nitrogen and oxygen atoms in total. The number of amides is 2. The molecule has 124 heavy (non-hydrogen) atoms.